The molecule has 1 amide bonds. The van der Waals surface area contributed by atoms with Gasteiger partial charge in [0.05, 0.1) is 11.7 Å². The lowest BCUT2D eigenvalue weighted by molar-refractivity contribution is 0.0205. The Morgan fingerprint density at radius 3 is 2.73 bits per heavy atom. The van der Waals surface area contributed by atoms with Gasteiger partial charge in [-0.2, -0.15) is 5.10 Å². The zero-order valence-corrected chi connectivity index (χ0v) is 13.4. The van der Waals surface area contributed by atoms with E-state index < -0.39 is 5.60 Å². The molecule has 2 heterocycles. The first kappa shape index (κ1) is 14.9. The summed E-state index contributed by atoms with van der Waals surface area (Å²) < 4.78 is 5.44. The minimum atomic E-state index is -0.430. The molecule has 0 saturated carbocycles. The molecule has 118 valence electrons. The maximum Gasteiger partial charge on any atom is 0.410 e. The summed E-state index contributed by atoms with van der Waals surface area (Å²) in [6, 6.07) is 6.44. The van der Waals surface area contributed by atoms with Crippen molar-refractivity contribution < 1.29 is 9.53 Å². The highest BCUT2D eigenvalue weighted by molar-refractivity contribution is 5.78. The number of amides is 1. The lowest BCUT2D eigenvalue weighted by Crippen LogP contribution is -2.41. The summed E-state index contributed by atoms with van der Waals surface area (Å²) in [5, 5.41) is 8.18. The van der Waals surface area contributed by atoms with Crippen molar-refractivity contribution in [3.05, 3.63) is 30.0 Å². The second-order valence-corrected chi connectivity index (χ2v) is 6.96. The fourth-order valence-electron chi connectivity index (χ4n) is 2.94. The van der Waals surface area contributed by atoms with Crippen molar-refractivity contribution in [1.82, 2.24) is 15.1 Å². The van der Waals surface area contributed by atoms with Crippen molar-refractivity contribution in [2.75, 3.05) is 13.1 Å². The molecule has 1 saturated heterocycles. The van der Waals surface area contributed by atoms with Crippen molar-refractivity contribution in [3.8, 4) is 0 Å². The van der Waals surface area contributed by atoms with Crippen LogP contribution < -0.4 is 0 Å². The molecule has 1 N–H and O–H groups in total. The summed E-state index contributed by atoms with van der Waals surface area (Å²) in [6.45, 7) is 7.21. The zero-order chi connectivity index (χ0) is 15.7. The van der Waals surface area contributed by atoms with E-state index in [0.29, 0.717) is 5.92 Å². The average Bonchev–Trinajstić information content (AvgIpc) is 2.93. The van der Waals surface area contributed by atoms with Crippen molar-refractivity contribution in [2.24, 2.45) is 0 Å². The Kier molecular flexibility index (Phi) is 3.81. The van der Waals surface area contributed by atoms with Crippen LogP contribution in [0.4, 0.5) is 4.79 Å². The number of aromatic nitrogens is 2. The topological polar surface area (TPSA) is 58.2 Å². The molecular weight excluding hydrogens is 278 g/mol. The van der Waals surface area contributed by atoms with Crippen molar-refractivity contribution in [1.29, 1.82) is 0 Å². The number of likely N-dealkylation sites (tertiary alicyclic amines) is 1. The molecule has 5 heteroatoms. The van der Waals surface area contributed by atoms with Crippen LogP contribution in [0.5, 0.6) is 0 Å². The van der Waals surface area contributed by atoms with Gasteiger partial charge < -0.3 is 9.64 Å². The van der Waals surface area contributed by atoms with Gasteiger partial charge in [0.25, 0.3) is 0 Å². The molecule has 2 aromatic rings. The van der Waals surface area contributed by atoms with E-state index in [2.05, 4.69) is 28.4 Å². The van der Waals surface area contributed by atoms with Gasteiger partial charge in [0.1, 0.15) is 5.60 Å². The molecule has 1 aromatic carbocycles. The minimum Gasteiger partial charge on any atom is -0.444 e. The van der Waals surface area contributed by atoms with Gasteiger partial charge in [-0.1, -0.05) is 6.07 Å². The lowest BCUT2D eigenvalue weighted by atomic mass is 9.89. The summed E-state index contributed by atoms with van der Waals surface area (Å²) in [5.41, 5.74) is 1.97. The second kappa shape index (κ2) is 5.63. The molecule has 0 atom stereocenters. The SMILES string of the molecule is CC(C)(C)OC(=O)N1CCC(c2ccc3[nH]ncc3c2)CC1. The first-order valence-electron chi connectivity index (χ1n) is 7.83. The van der Waals surface area contributed by atoms with Gasteiger partial charge in [-0.05, 0) is 57.2 Å². The number of fused-ring (bicyclic) bond motifs is 1. The number of rotatable bonds is 1. The van der Waals surface area contributed by atoms with Crippen molar-refractivity contribution >= 4 is 17.0 Å². The van der Waals surface area contributed by atoms with Crippen LogP contribution in [0, 0.1) is 0 Å². The standard InChI is InChI=1S/C17H23N3O2/c1-17(2,3)22-16(21)20-8-6-12(7-9-20)13-4-5-15-14(10-13)11-18-19-15/h4-5,10-12H,6-9H2,1-3H3,(H,18,19). The average molecular weight is 301 g/mol. The first-order chi connectivity index (χ1) is 10.4. The van der Waals surface area contributed by atoms with E-state index in [0.717, 1.165) is 36.8 Å². The minimum absolute atomic E-state index is 0.198. The number of nitrogens with zero attached hydrogens (tertiary/aromatic N) is 2. The Bertz CT molecular complexity index is 664. The Hall–Kier alpha value is -2.04. The number of piperidine rings is 1. The molecule has 1 aliphatic heterocycles. The second-order valence-electron chi connectivity index (χ2n) is 6.96. The zero-order valence-electron chi connectivity index (χ0n) is 13.4. The summed E-state index contributed by atoms with van der Waals surface area (Å²) in [6.07, 6.45) is 3.61. The van der Waals surface area contributed by atoms with Crippen LogP contribution in [-0.4, -0.2) is 39.9 Å². The van der Waals surface area contributed by atoms with Crippen LogP contribution in [-0.2, 0) is 4.74 Å². The molecule has 1 fully saturated rings. The maximum absolute atomic E-state index is 12.1. The molecule has 0 unspecified atom stereocenters. The van der Waals surface area contributed by atoms with Crippen LogP contribution in [0.3, 0.4) is 0 Å². The number of H-pyrrole nitrogens is 1. The number of aromatic amines is 1. The molecule has 1 aromatic heterocycles. The highest BCUT2D eigenvalue weighted by atomic mass is 16.6. The van der Waals surface area contributed by atoms with Crippen LogP contribution in [0.15, 0.2) is 24.4 Å². The van der Waals surface area contributed by atoms with E-state index in [1.165, 1.54) is 5.56 Å². The van der Waals surface area contributed by atoms with Crippen LogP contribution in [0.25, 0.3) is 10.9 Å². The monoisotopic (exact) mass is 301 g/mol. The fraction of sp³-hybridized carbons (Fsp3) is 0.529. The highest BCUT2D eigenvalue weighted by Gasteiger charge is 2.27. The number of carbonyl (C=O) groups excluding carboxylic acids is 1. The van der Waals surface area contributed by atoms with Gasteiger partial charge in [0.2, 0.25) is 0 Å². The van der Waals surface area contributed by atoms with E-state index in [9.17, 15) is 4.79 Å². The molecule has 0 radical (unpaired) electrons. The predicted molar refractivity (Wildman–Crippen MR) is 85.9 cm³/mol. The molecule has 3 rings (SSSR count). The largest absolute Gasteiger partial charge is 0.444 e. The molecule has 0 aliphatic carbocycles. The maximum atomic E-state index is 12.1. The third-order valence-electron chi connectivity index (χ3n) is 4.08. The molecule has 5 nitrogen and oxygen atoms in total. The van der Waals surface area contributed by atoms with Crippen LogP contribution in [0.1, 0.15) is 45.1 Å². The van der Waals surface area contributed by atoms with Gasteiger partial charge in [-0.15, -0.1) is 0 Å². The molecule has 0 bridgehead atoms. The van der Waals surface area contributed by atoms with E-state index in [1.807, 2.05) is 31.9 Å². The number of hydrogen-bond donors (Lipinski definition) is 1. The number of nitrogens with one attached hydrogen (secondary N) is 1. The van der Waals surface area contributed by atoms with Gasteiger partial charge in [-0.25, -0.2) is 4.79 Å². The van der Waals surface area contributed by atoms with Crippen molar-refractivity contribution in [2.45, 2.75) is 45.1 Å². The highest BCUT2D eigenvalue weighted by Crippen LogP contribution is 2.30. The molecule has 0 spiro atoms. The summed E-state index contributed by atoms with van der Waals surface area (Å²) in [5.74, 6) is 0.498. The molecule has 1 aliphatic rings. The Morgan fingerprint density at radius 1 is 1.32 bits per heavy atom. The van der Waals surface area contributed by atoms with Gasteiger partial charge in [-0.3, -0.25) is 5.10 Å². The quantitative estimate of drug-likeness (QED) is 0.874. The molecule has 22 heavy (non-hydrogen) atoms. The smallest absolute Gasteiger partial charge is 0.410 e. The molecular formula is C17H23N3O2. The lowest BCUT2D eigenvalue weighted by Gasteiger charge is -2.33. The number of ether oxygens (including phenoxy) is 1. The summed E-state index contributed by atoms with van der Waals surface area (Å²) in [7, 11) is 0. The van der Waals surface area contributed by atoms with E-state index in [4.69, 9.17) is 4.74 Å². The van der Waals surface area contributed by atoms with E-state index >= 15 is 0 Å². The Morgan fingerprint density at radius 2 is 2.05 bits per heavy atom. The van der Waals surface area contributed by atoms with Gasteiger partial charge in [0, 0.05) is 18.5 Å². The van der Waals surface area contributed by atoms with Crippen LogP contribution >= 0.6 is 0 Å². The van der Waals surface area contributed by atoms with E-state index in [1.54, 1.807) is 0 Å². The number of hydrogen-bond acceptors (Lipinski definition) is 3. The number of benzene rings is 1. The van der Waals surface area contributed by atoms with Gasteiger partial charge >= 0.3 is 6.09 Å². The third kappa shape index (κ3) is 3.24. The number of carbonyl (C=O) groups is 1. The predicted octanol–water partition coefficient (Wildman–Crippen LogP) is 3.68. The van der Waals surface area contributed by atoms with Crippen LogP contribution in [0.2, 0.25) is 0 Å². The third-order valence-corrected chi connectivity index (χ3v) is 4.08. The summed E-state index contributed by atoms with van der Waals surface area (Å²) in [4.78, 5) is 13.9. The van der Waals surface area contributed by atoms with Gasteiger partial charge in [0.15, 0.2) is 0 Å². The Labute approximate surface area is 130 Å². The summed E-state index contributed by atoms with van der Waals surface area (Å²) >= 11 is 0. The Balaban J connectivity index is 1.62. The first-order valence-corrected chi connectivity index (χ1v) is 7.83. The van der Waals surface area contributed by atoms with E-state index in [-0.39, 0.29) is 6.09 Å². The normalized spacial score (nSPS) is 17.0. The van der Waals surface area contributed by atoms with Crippen molar-refractivity contribution in [3.63, 3.8) is 0 Å². The fourth-order valence-corrected chi connectivity index (χ4v) is 2.94.